The Morgan fingerprint density at radius 1 is 0.279 bits per heavy atom. The summed E-state index contributed by atoms with van der Waals surface area (Å²) >= 11 is 0. The van der Waals surface area contributed by atoms with Crippen molar-refractivity contribution in [1.29, 1.82) is 0 Å². The van der Waals surface area contributed by atoms with Gasteiger partial charge in [0.05, 0.1) is 22.1 Å². The molecule has 0 amide bonds. The molecule has 0 N–H and O–H groups in total. The fourth-order valence-corrected chi connectivity index (χ4v) is 21.3. The Hall–Kier alpha value is -6.52. The van der Waals surface area contributed by atoms with Crippen molar-refractivity contribution in [1.82, 2.24) is 9.13 Å². The van der Waals surface area contributed by atoms with Crippen molar-refractivity contribution in [3.8, 4) is 33.6 Å². The van der Waals surface area contributed by atoms with E-state index in [4.69, 9.17) is 0 Å². The van der Waals surface area contributed by atoms with Crippen LogP contribution in [0.1, 0.15) is 238 Å². The first-order chi connectivity index (χ1) is 42.5. The number of hydrogen-bond acceptors (Lipinski definition) is 2. The summed E-state index contributed by atoms with van der Waals surface area (Å²) < 4.78 is 4.87. The van der Waals surface area contributed by atoms with Crippen LogP contribution in [0.25, 0.3) is 77.2 Å². The Kier molecular flexibility index (Phi) is 13.5. The maximum atomic E-state index is 16.0. The highest BCUT2D eigenvalue weighted by atomic mass is 16.1. The number of rotatable bonds is 8. The van der Waals surface area contributed by atoms with E-state index in [9.17, 15) is 0 Å². The third-order valence-corrected chi connectivity index (χ3v) is 25.0. The van der Waals surface area contributed by atoms with Crippen LogP contribution in [-0.4, -0.2) is 9.13 Å². The lowest BCUT2D eigenvalue weighted by Gasteiger charge is -2.49. The summed E-state index contributed by atoms with van der Waals surface area (Å²) in [6, 6.07) is 52.2. The zero-order valence-corrected chi connectivity index (χ0v) is 51.1. The highest BCUT2D eigenvalue weighted by molar-refractivity contribution is 6.06. The SMILES string of the molecule is O=c1c2ccc(C3CCCCC3)cc2n(-c2ccc3c(c2)-c2ccccc2C3(C2CCCCC2)C2CCCCC2)c2cc3c(=O)c4ccc(C5CCCCC5)cc4n(-c4ccc5c(c4)-c4ccccc4C5(C4CCCCC4)C4CCCCC4)c3cc12. The second-order valence-electron chi connectivity index (χ2n) is 29.1. The van der Waals surface area contributed by atoms with E-state index < -0.39 is 0 Å². The van der Waals surface area contributed by atoms with Gasteiger partial charge in [-0.15, -0.1) is 0 Å². The first-order valence-electron chi connectivity index (χ1n) is 35.1. The van der Waals surface area contributed by atoms with Crippen LogP contribution in [0.5, 0.6) is 0 Å². The van der Waals surface area contributed by atoms with E-state index in [0.29, 0.717) is 46.3 Å². The van der Waals surface area contributed by atoms with Gasteiger partial charge in [0.15, 0.2) is 10.9 Å². The number of aromatic nitrogens is 2. The summed E-state index contributed by atoms with van der Waals surface area (Å²) in [5.74, 6) is 3.43. The van der Waals surface area contributed by atoms with Crippen molar-refractivity contribution < 1.29 is 0 Å². The molecule has 2 heterocycles. The van der Waals surface area contributed by atoms with Crippen molar-refractivity contribution in [2.24, 2.45) is 23.7 Å². The molecule has 9 aromatic rings. The molecule has 6 saturated carbocycles. The van der Waals surface area contributed by atoms with E-state index in [1.54, 1.807) is 11.1 Å². The molecule has 0 bridgehead atoms. The normalized spacial score (nSPS) is 21.5. The van der Waals surface area contributed by atoms with Crippen molar-refractivity contribution >= 4 is 43.6 Å². The number of nitrogens with zero attached hydrogens (tertiary/aromatic N) is 2. The summed E-state index contributed by atoms with van der Waals surface area (Å²) in [7, 11) is 0. The van der Waals surface area contributed by atoms with Crippen LogP contribution in [0.3, 0.4) is 0 Å². The topological polar surface area (TPSA) is 44.0 Å². The van der Waals surface area contributed by atoms with Gasteiger partial charge in [0.25, 0.3) is 0 Å². The monoisotopic (exact) mass is 1130 g/mol. The van der Waals surface area contributed by atoms with Crippen LogP contribution in [0.4, 0.5) is 0 Å². The molecule has 86 heavy (non-hydrogen) atoms. The Morgan fingerprint density at radius 2 is 0.593 bits per heavy atom. The lowest BCUT2D eigenvalue weighted by atomic mass is 9.55. The highest BCUT2D eigenvalue weighted by Gasteiger charge is 2.55. The van der Waals surface area contributed by atoms with Gasteiger partial charge >= 0.3 is 0 Å². The Balaban J connectivity index is 0.932. The molecule has 7 aromatic carbocycles. The average Bonchev–Trinajstić information content (AvgIpc) is 1.48. The van der Waals surface area contributed by atoms with E-state index >= 15 is 9.59 Å². The van der Waals surface area contributed by atoms with Gasteiger partial charge in [0.1, 0.15) is 0 Å². The number of pyridine rings is 2. The molecule has 6 fully saturated rings. The molecule has 438 valence electrons. The van der Waals surface area contributed by atoms with Gasteiger partial charge in [-0.3, -0.25) is 9.59 Å². The molecule has 8 aliphatic rings. The standard InChI is InChI=1S/C82H88N2O2/c85-79-65-43-39-55(53-23-7-1-8-24-53)47-75(65)83(61-41-45-73-67(49-61)63-35-19-21-37-71(63)81(73,57-27-11-3-12-28-57)58-29-13-4-14-30-58)77-51-70-78(52-69(77)79)84(76-48-56(40-44-66(76)80(70)86)54-25-9-2-10-26-54)62-42-46-74-68(50-62)64-36-20-22-38-72(64)82(74,59-31-15-5-16-32-59)60-33-17-6-18-34-60/h19-22,35-54,57-60H,1-18,23-34H2. The molecule has 4 heteroatoms. The molecule has 0 atom stereocenters. The van der Waals surface area contributed by atoms with Crippen molar-refractivity contribution in [2.75, 3.05) is 0 Å². The third-order valence-electron chi connectivity index (χ3n) is 25.0. The van der Waals surface area contributed by atoms with E-state index in [1.807, 2.05) is 0 Å². The molecule has 0 spiro atoms. The summed E-state index contributed by atoms with van der Waals surface area (Å²) in [5.41, 5.74) is 20.2. The minimum Gasteiger partial charge on any atom is -0.309 e. The number of hydrogen-bond donors (Lipinski definition) is 0. The molecule has 0 saturated heterocycles. The molecule has 0 unspecified atom stereocenters. The van der Waals surface area contributed by atoms with Gasteiger partial charge in [-0.2, -0.15) is 0 Å². The predicted octanol–water partition coefficient (Wildman–Crippen LogP) is 21.6. The Labute approximate surface area is 509 Å². The molecule has 17 rings (SSSR count). The van der Waals surface area contributed by atoms with E-state index in [2.05, 4.69) is 143 Å². The molecule has 2 aromatic heterocycles. The Morgan fingerprint density at radius 3 is 0.953 bits per heavy atom. The van der Waals surface area contributed by atoms with Crippen molar-refractivity contribution in [3.05, 3.63) is 187 Å². The van der Waals surface area contributed by atoms with E-state index in [1.165, 1.54) is 237 Å². The fraction of sp³-hybridized carbons (Fsp3) is 0.463. The van der Waals surface area contributed by atoms with Gasteiger partial charge in [-0.05, 0) is 229 Å². The lowest BCUT2D eigenvalue weighted by molar-refractivity contribution is 0.137. The predicted molar refractivity (Wildman–Crippen MR) is 358 cm³/mol. The molecular weight excluding hydrogens is 1040 g/mol. The first kappa shape index (κ1) is 53.7. The Bertz CT molecular complexity index is 3940. The van der Waals surface area contributed by atoms with Crippen LogP contribution < -0.4 is 10.9 Å². The second-order valence-corrected chi connectivity index (χ2v) is 29.1. The van der Waals surface area contributed by atoms with Crippen LogP contribution in [0.2, 0.25) is 0 Å². The van der Waals surface area contributed by atoms with Gasteiger partial charge < -0.3 is 9.13 Å². The van der Waals surface area contributed by atoms with Crippen LogP contribution >= 0.6 is 0 Å². The molecule has 0 aliphatic heterocycles. The summed E-state index contributed by atoms with van der Waals surface area (Å²) in [6.45, 7) is 0. The van der Waals surface area contributed by atoms with Crippen LogP contribution in [-0.2, 0) is 10.8 Å². The van der Waals surface area contributed by atoms with Gasteiger partial charge in [0, 0.05) is 43.7 Å². The molecule has 8 aliphatic carbocycles. The highest BCUT2D eigenvalue weighted by Crippen LogP contribution is 2.64. The molecular formula is C82H88N2O2. The zero-order chi connectivity index (χ0) is 57.1. The quantitative estimate of drug-likeness (QED) is 0.142. The average molecular weight is 1130 g/mol. The van der Waals surface area contributed by atoms with Crippen LogP contribution in [0.15, 0.2) is 143 Å². The molecule has 4 nitrogen and oxygen atoms in total. The minimum absolute atomic E-state index is 0.000799. The van der Waals surface area contributed by atoms with E-state index in [-0.39, 0.29) is 21.7 Å². The van der Waals surface area contributed by atoms with Crippen LogP contribution in [0, 0.1) is 23.7 Å². The van der Waals surface area contributed by atoms with Gasteiger partial charge in [-0.25, -0.2) is 0 Å². The van der Waals surface area contributed by atoms with Crippen molar-refractivity contribution in [3.63, 3.8) is 0 Å². The zero-order valence-electron chi connectivity index (χ0n) is 51.1. The summed E-state index contributed by atoms with van der Waals surface area (Å²) in [5, 5.41) is 2.85. The smallest absolute Gasteiger partial charge is 0.197 e. The van der Waals surface area contributed by atoms with Gasteiger partial charge in [0.2, 0.25) is 0 Å². The number of benzene rings is 7. The van der Waals surface area contributed by atoms with Crippen molar-refractivity contribution in [2.45, 2.75) is 215 Å². The third kappa shape index (κ3) is 8.17. The second kappa shape index (κ2) is 21.7. The number of fused-ring (bicyclic) bond motifs is 10. The summed E-state index contributed by atoms with van der Waals surface area (Å²) in [4.78, 5) is 32.0. The lowest BCUT2D eigenvalue weighted by Crippen LogP contribution is -2.44. The first-order valence-corrected chi connectivity index (χ1v) is 35.1. The minimum atomic E-state index is -0.000799. The largest absolute Gasteiger partial charge is 0.309 e. The maximum absolute atomic E-state index is 16.0. The van der Waals surface area contributed by atoms with E-state index in [0.717, 1.165) is 44.2 Å². The molecule has 0 radical (unpaired) electrons. The fourth-order valence-electron chi connectivity index (χ4n) is 21.3. The summed E-state index contributed by atoms with van der Waals surface area (Å²) in [6.07, 6.45) is 38.6. The van der Waals surface area contributed by atoms with Gasteiger partial charge in [-0.1, -0.05) is 188 Å². The maximum Gasteiger partial charge on any atom is 0.197 e.